The minimum atomic E-state index is -1.16. The predicted octanol–water partition coefficient (Wildman–Crippen LogP) is 3.52. The molecule has 0 saturated heterocycles. The average Bonchev–Trinajstić information content (AvgIpc) is 2.41. The van der Waals surface area contributed by atoms with Gasteiger partial charge < -0.3 is 9.84 Å². The molecule has 0 radical (unpaired) electrons. The Hall–Kier alpha value is -1.55. The third-order valence-corrected chi connectivity index (χ3v) is 3.56. The van der Waals surface area contributed by atoms with E-state index in [2.05, 4.69) is 0 Å². The van der Waals surface area contributed by atoms with E-state index in [0.29, 0.717) is 5.02 Å². The smallest absolute Gasteiger partial charge is 0.339 e. The van der Waals surface area contributed by atoms with Crippen molar-refractivity contribution < 1.29 is 19.4 Å². The maximum atomic E-state index is 12.0. The van der Waals surface area contributed by atoms with E-state index in [9.17, 15) is 9.59 Å². The number of carbonyl (C=O) groups excluding carboxylic acids is 1. The van der Waals surface area contributed by atoms with Gasteiger partial charge in [-0.05, 0) is 31.0 Å². The van der Waals surface area contributed by atoms with Gasteiger partial charge in [0.1, 0.15) is 11.3 Å². The van der Waals surface area contributed by atoms with E-state index in [4.69, 9.17) is 21.4 Å². The van der Waals surface area contributed by atoms with Crippen molar-refractivity contribution in [3.63, 3.8) is 0 Å². The zero-order valence-corrected chi connectivity index (χ0v) is 11.2. The minimum absolute atomic E-state index is 0.0625. The molecule has 0 aromatic heterocycles. The fourth-order valence-electron chi connectivity index (χ4n) is 2.29. The highest BCUT2D eigenvalue weighted by molar-refractivity contribution is 6.31. The third-order valence-electron chi connectivity index (χ3n) is 3.32. The molecule has 19 heavy (non-hydrogen) atoms. The molecular formula is C14H15ClO4. The number of benzene rings is 1. The van der Waals surface area contributed by atoms with Crippen LogP contribution >= 0.6 is 11.6 Å². The van der Waals surface area contributed by atoms with Crippen LogP contribution in [0.25, 0.3) is 0 Å². The summed E-state index contributed by atoms with van der Waals surface area (Å²) in [6.07, 6.45) is 4.81. The Labute approximate surface area is 116 Å². The summed E-state index contributed by atoms with van der Waals surface area (Å²) in [5.74, 6) is -1.56. The normalized spacial score (nSPS) is 16.1. The van der Waals surface area contributed by atoms with Gasteiger partial charge in [0.25, 0.3) is 0 Å². The van der Waals surface area contributed by atoms with Gasteiger partial charge in [0.05, 0.1) is 5.92 Å². The number of hydrogen-bond acceptors (Lipinski definition) is 3. The average molecular weight is 283 g/mol. The maximum absolute atomic E-state index is 12.0. The number of aromatic carboxylic acids is 1. The van der Waals surface area contributed by atoms with Crippen molar-refractivity contribution in [2.24, 2.45) is 5.92 Å². The Kier molecular flexibility index (Phi) is 4.43. The summed E-state index contributed by atoms with van der Waals surface area (Å²) >= 11 is 5.74. The topological polar surface area (TPSA) is 63.6 Å². The van der Waals surface area contributed by atoms with E-state index in [1.807, 2.05) is 0 Å². The quantitative estimate of drug-likeness (QED) is 0.680. The SMILES string of the molecule is O=C(O)c1cc(Cl)ccc1OC(=O)C1CCCCC1. The number of ether oxygens (including phenoxy) is 1. The highest BCUT2D eigenvalue weighted by Crippen LogP contribution is 2.28. The van der Waals surface area contributed by atoms with Crippen molar-refractivity contribution >= 4 is 23.5 Å². The molecule has 0 unspecified atom stereocenters. The molecular weight excluding hydrogens is 268 g/mol. The van der Waals surface area contributed by atoms with Gasteiger partial charge in [-0.1, -0.05) is 30.9 Å². The molecule has 4 nitrogen and oxygen atoms in total. The number of carbonyl (C=O) groups is 2. The maximum Gasteiger partial charge on any atom is 0.339 e. The number of carboxylic acids is 1. The van der Waals surface area contributed by atoms with Crippen LogP contribution in [0.3, 0.4) is 0 Å². The molecule has 0 atom stereocenters. The van der Waals surface area contributed by atoms with E-state index in [-0.39, 0.29) is 23.2 Å². The van der Waals surface area contributed by atoms with Crippen molar-refractivity contribution in [2.45, 2.75) is 32.1 Å². The zero-order valence-electron chi connectivity index (χ0n) is 10.4. The number of esters is 1. The molecule has 0 amide bonds. The number of rotatable bonds is 3. The van der Waals surface area contributed by atoms with E-state index in [0.717, 1.165) is 32.1 Å². The molecule has 1 saturated carbocycles. The molecule has 0 spiro atoms. The molecule has 1 fully saturated rings. The van der Waals surface area contributed by atoms with Crippen LogP contribution in [0.5, 0.6) is 5.75 Å². The van der Waals surface area contributed by atoms with Crippen molar-refractivity contribution in [2.75, 3.05) is 0 Å². The molecule has 0 bridgehead atoms. The number of halogens is 1. The van der Waals surface area contributed by atoms with Crippen LogP contribution in [0.15, 0.2) is 18.2 Å². The van der Waals surface area contributed by atoms with Gasteiger partial charge in [-0.2, -0.15) is 0 Å². The first kappa shape index (κ1) is 13.9. The first-order valence-electron chi connectivity index (χ1n) is 6.32. The molecule has 1 aliphatic rings. The van der Waals surface area contributed by atoms with Crippen LogP contribution < -0.4 is 4.74 Å². The fourth-order valence-corrected chi connectivity index (χ4v) is 2.46. The van der Waals surface area contributed by atoms with Crippen LogP contribution in [0, 0.1) is 5.92 Å². The Bertz CT molecular complexity index is 492. The van der Waals surface area contributed by atoms with Crippen LogP contribution in [-0.4, -0.2) is 17.0 Å². The second-order valence-corrected chi connectivity index (χ2v) is 5.14. The molecule has 1 aromatic carbocycles. The molecule has 1 aromatic rings. The summed E-state index contributed by atoms with van der Waals surface area (Å²) < 4.78 is 5.22. The first-order valence-corrected chi connectivity index (χ1v) is 6.70. The van der Waals surface area contributed by atoms with Gasteiger partial charge in [-0.3, -0.25) is 4.79 Å². The number of hydrogen-bond donors (Lipinski definition) is 1. The van der Waals surface area contributed by atoms with E-state index in [1.165, 1.54) is 18.2 Å². The van der Waals surface area contributed by atoms with Gasteiger partial charge in [-0.15, -0.1) is 0 Å². The van der Waals surface area contributed by atoms with E-state index in [1.54, 1.807) is 0 Å². The van der Waals surface area contributed by atoms with Crippen molar-refractivity contribution in [3.8, 4) is 5.75 Å². The van der Waals surface area contributed by atoms with Crippen molar-refractivity contribution in [3.05, 3.63) is 28.8 Å². The second-order valence-electron chi connectivity index (χ2n) is 4.70. The van der Waals surface area contributed by atoms with E-state index >= 15 is 0 Å². The van der Waals surface area contributed by atoms with Gasteiger partial charge >= 0.3 is 11.9 Å². The molecule has 1 aliphatic carbocycles. The zero-order chi connectivity index (χ0) is 13.8. The van der Waals surface area contributed by atoms with Crippen LogP contribution in [0.1, 0.15) is 42.5 Å². The van der Waals surface area contributed by atoms with Gasteiger partial charge in [-0.25, -0.2) is 4.79 Å². The molecule has 0 aliphatic heterocycles. The molecule has 0 heterocycles. The Balaban J connectivity index is 2.13. The highest BCUT2D eigenvalue weighted by Gasteiger charge is 2.24. The molecule has 5 heteroatoms. The largest absolute Gasteiger partial charge is 0.478 e. The summed E-state index contributed by atoms with van der Waals surface area (Å²) in [6, 6.07) is 4.22. The lowest BCUT2D eigenvalue weighted by molar-refractivity contribution is -0.140. The number of carboxylic acid groups (broad SMARTS) is 1. The lowest BCUT2D eigenvalue weighted by atomic mass is 9.89. The van der Waals surface area contributed by atoms with E-state index < -0.39 is 5.97 Å². The van der Waals surface area contributed by atoms with Gasteiger partial charge in [0, 0.05) is 5.02 Å². The lowest BCUT2D eigenvalue weighted by Gasteiger charge is -2.20. The molecule has 1 N–H and O–H groups in total. The first-order chi connectivity index (χ1) is 9.08. The standard InChI is InChI=1S/C14H15ClO4/c15-10-6-7-12(11(8-10)13(16)17)19-14(18)9-4-2-1-3-5-9/h6-9H,1-5H2,(H,16,17). The lowest BCUT2D eigenvalue weighted by Crippen LogP contribution is -2.23. The molecule has 2 rings (SSSR count). The summed E-state index contributed by atoms with van der Waals surface area (Å²) in [5, 5.41) is 9.36. The second kappa shape index (κ2) is 6.06. The minimum Gasteiger partial charge on any atom is -0.478 e. The Morgan fingerprint density at radius 2 is 1.89 bits per heavy atom. The Morgan fingerprint density at radius 3 is 2.53 bits per heavy atom. The van der Waals surface area contributed by atoms with Crippen LogP contribution in [-0.2, 0) is 4.79 Å². The van der Waals surface area contributed by atoms with Crippen LogP contribution in [0.2, 0.25) is 5.02 Å². The monoisotopic (exact) mass is 282 g/mol. The van der Waals surface area contributed by atoms with Crippen molar-refractivity contribution in [1.29, 1.82) is 0 Å². The predicted molar refractivity (Wildman–Crippen MR) is 70.6 cm³/mol. The Morgan fingerprint density at radius 1 is 1.21 bits per heavy atom. The summed E-state index contributed by atoms with van der Waals surface area (Å²) in [4.78, 5) is 23.1. The summed E-state index contributed by atoms with van der Waals surface area (Å²) in [7, 11) is 0. The molecule has 102 valence electrons. The van der Waals surface area contributed by atoms with Crippen molar-refractivity contribution in [1.82, 2.24) is 0 Å². The van der Waals surface area contributed by atoms with Gasteiger partial charge in [0.2, 0.25) is 0 Å². The summed E-state index contributed by atoms with van der Waals surface area (Å²) in [5.41, 5.74) is -0.0864. The highest BCUT2D eigenvalue weighted by atomic mass is 35.5. The van der Waals surface area contributed by atoms with Gasteiger partial charge in [0.15, 0.2) is 0 Å². The third kappa shape index (κ3) is 3.47. The fraction of sp³-hybridized carbons (Fsp3) is 0.429. The van der Waals surface area contributed by atoms with Crippen LogP contribution in [0.4, 0.5) is 0 Å². The summed E-state index contributed by atoms with van der Waals surface area (Å²) in [6.45, 7) is 0.